The number of aromatic amines is 2. The number of pyridine rings is 1. The molecule has 0 aliphatic rings. The Morgan fingerprint density at radius 3 is 2.84 bits per heavy atom. The number of amides is 1. The molecular weight excluding hydrogens is 314 g/mol. The lowest BCUT2D eigenvalue weighted by molar-refractivity contribution is 0.102. The molecule has 0 fully saturated rings. The summed E-state index contributed by atoms with van der Waals surface area (Å²) in [6, 6.07) is 11.7. The molecule has 4 aromatic rings. The average Bonchev–Trinajstić information content (AvgIpc) is 3.21. The van der Waals surface area contributed by atoms with E-state index in [1.54, 1.807) is 18.5 Å². The predicted molar refractivity (Wildman–Crippen MR) is 97.5 cm³/mol. The van der Waals surface area contributed by atoms with Crippen LogP contribution in [0.15, 0.2) is 48.8 Å². The van der Waals surface area contributed by atoms with Gasteiger partial charge in [-0.25, -0.2) is 0 Å². The van der Waals surface area contributed by atoms with Gasteiger partial charge in [-0.05, 0) is 43.7 Å². The van der Waals surface area contributed by atoms with Gasteiger partial charge in [-0.3, -0.25) is 14.9 Å². The van der Waals surface area contributed by atoms with Crippen molar-refractivity contribution in [2.75, 3.05) is 5.32 Å². The van der Waals surface area contributed by atoms with Gasteiger partial charge in [0.25, 0.3) is 5.91 Å². The van der Waals surface area contributed by atoms with Gasteiger partial charge in [0.15, 0.2) is 5.82 Å². The summed E-state index contributed by atoms with van der Waals surface area (Å²) in [5.74, 6) is 0.258. The van der Waals surface area contributed by atoms with Crippen LogP contribution in [-0.2, 0) is 0 Å². The first-order valence-electron chi connectivity index (χ1n) is 7.98. The maximum Gasteiger partial charge on any atom is 0.273 e. The van der Waals surface area contributed by atoms with Crippen LogP contribution in [0.3, 0.4) is 0 Å². The minimum absolute atomic E-state index is 0.212. The van der Waals surface area contributed by atoms with Crippen molar-refractivity contribution in [1.82, 2.24) is 20.2 Å². The lowest BCUT2D eigenvalue weighted by Gasteiger charge is -2.00. The molecular formula is C19H17N5O. The number of nitrogens with one attached hydrogen (secondary N) is 3. The molecule has 0 aliphatic carbocycles. The fourth-order valence-corrected chi connectivity index (χ4v) is 2.90. The maximum atomic E-state index is 12.6. The number of hydrogen-bond acceptors (Lipinski definition) is 3. The lowest BCUT2D eigenvalue weighted by Crippen LogP contribution is -2.13. The zero-order valence-corrected chi connectivity index (χ0v) is 13.9. The Morgan fingerprint density at radius 2 is 2.04 bits per heavy atom. The van der Waals surface area contributed by atoms with E-state index in [0.717, 1.165) is 33.3 Å². The summed E-state index contributed by atoms with van der Waals surface area (Å²) >= 11 is 0. The highest BCUT2D eigenvalue weighted by Gasteiger charge is 2.16. The molecule has 6 nitrogen and oxygen atoms in total. The van der Waals surface area contributed by atoms with E-state index in [2.05, 4.69) is 31.5 Å². The number of H-pyrrole nitrogens is 2. The average molecular weight is 331 g/mol. The third kappa shape index (κ3) is 2.78. The smallest absolute Gasteiger partial charge is 0.273 e. The molecule has 1 amide bonds. The Balaban J connectivity index is 1.61. The van der Waals surface area contributed by atoms with Gasteiger partial charge in [0, 0.05) is 34.9 Å². The van der Waals surface area contributed by atoms with Crippen LogP contribution in [0, 0.1) is 13.8 Å². The van der Waals surface area contributed by atoms with E-state index in [0.29, 0.717) is 11.5 Å². The molecule has 3 aromatic heterocycles. The number of aromatic nitrogens is 4. The number of aryl methyl sites for hydroxylation is 2. The van der Waals surface area contributed by atoms with Gasteiger partial charge in [-0.2, -0.15) is 5.10 Å². The third-order valence-corrected chi connectivity index (χ3v) is 4.23. The fraction of sp³-hybridized carbons (Fsp3) is 0.105. The largest absolute Gasteiger partial charge is 0.350 e. The van der Waals surface area contributed by atoms with Gasteiger partial charge in [0.2, 0.25) is 0 Å². The molecule has 3 heterocycles. The summed E-state index contributed by atoms with van der Waals surface area (Å²) < 4.78 is 0. The van der Waals surface area contributed by atoms with Crippen molar-refractivity contribution in [3.05, 3.63) is 65.6 Å². The number of rotatable bonds is 3. The van der Waals surface area contributed by atoms with Crippen molar-refractivity contribution >= 4 is 22.6 Å². The van der Waals surface area contributed by atoms with E-state index in [1.807, 2.05) is 38.1 Å². The fourth-order valence-electron chi connectivity index (χ4n) is 2.90. The van der Waals surface area contributed by atoms with E-state index < -0.39 is 0 Å². The van der Waals surface area contributed by atoms with Gasteiger partial charge in [-0.1, -0.05) is 11.6 Å². The Labute approximate surface area is 144 Å². The lowest BCUT2D eigenvalue weighted by atomic mass is 10.1. The van der Waals surface area contributed by atoms with Crippen molar-refractivity contribution in [2.45, 2.75) is 13.8 Å². The number of benzene rings is 1. The number of hydrogen-bond donors (Lipinski definition) is 3. The first kappa shape index (κ1) is 15.1. The summed E-state index contributed by atoms with van der Waals surface area (Å²) in [4.78, 5) is 19.9. The van der Waals surface area contributed by atoms with E-state index >= 15 is 0 Å². The van der Waals surface area contributed by atoms with Gasteiger partial charge in [0.1, 0.15) is 5.69 Å². The molecule has 1 aromatic carbocycles. The molecule has 0 unspecified atom stereocenters. The highest BCUT2D eigenvalue weighted by molar-refractivity contribution is 6.07. The summed E-state index contributed by atoms with van der Waals surface area (Å²) in [5.41, 5.74) is 5.30. The highest BCUT2D eigenvalue weighted by Crippen LogP contribution is 2.24. The third-order valence-electron chi connectivity index (χ3n) is 4.23. The summed E-state index contributed by atoms with van der Waals surface area (Å²) in [6.45, 7) is 3.98. The number of carbonyl (C=O) groups is 1. The molecule has 0 spiro atoms. The minimum Gasteiger partial charge on any atom is -0.350 e. The van der Waals surface area contributed by atoms with Crippen LogP contribution < -0.4 is 5.32 Å². The van der Waals surface area contributed by atoms with Crippen LogP contribution in [0.4, 0.5) is 5.82 Å². The topological polar surface area (TPSA) is 86.5 Å². The second-order valence-electron chi connectivity index (χ2n) is 6.04. The van der Waals surface area contributed by atoms with Crippen LogP contribution >= 0.6 is 0 Å². The molecule has 4 rings (SSSR count). The van der Waals surface area contributed by atoms with E-state index in [-0.39, 0.29) is 5.91 Å². The van der Waals surface area contributed by atoms with Crippen LogP contribution in [0.1, 0.15) is 21.6 Å². The standard InChI is InChI=1S/C19H17N5O/c1-11-5-6-15-14(8-11)12(2)18(21-15)19(25)22-17-9-16(23-24-17)13-4-3-7-20-10-13/h3-10,21H,1-2H3,(H2,22,23,24,25). The van der Waals surface area contributed by atoms with Gasteiger partial charge >= 0.3 is 0 Å². The molecule has 0 atom stereocenters. The van der Waals surface area contributed by atoms with Crippen molar-refractivity contribution < 1.29 is 4.79 Å². The highest BCUT2D eigenvalue weighted by atomic mass is 16.2. The van der Waals surface area contributed by atoms with Crippen LogP contribution in [-0.4, -0.2) is 26.1 Å². The normalized spacial score (nSPS) is 11.0. The molecule has 25 heavy (non-hydrogen) atoms. The van der Waals surface area contributed by atoms with E-state index in [9.17, 15) is 4.79 Å². The van der Waals surface area contributed by atoms with Crippen LogP contribution in [0.5, 0.6) is 0 Å². The van der Waals surface area contributed by atoms with Crippen LogP contribution in [0.25, 0.3) is 22.2 Å². The van der Waals surface area contributed by atoms with Crippen LogP contribution in [0.2, 0.25) is 0 Å². The first-order valence-corrected chi connectivity index (χ1v) is 7.98. The predicted octanol–water partition coefficient (Wildman–Crippen LogP) is 3.82. The summed E-state index contributed by atoms with van der Waals surface area (Å²) in [7, 11) is 0. The molecule has 0 radical (unpaired) electrons. The molecule has 3 N–H and O–H groups in total. The Kier molecular flexibility index (Phi) is 3.57. The number of anilines is 1. The summed E-state index contributed by atoms with van der Waals surface area (Å²) in [6.07, 6.45) is 3.45. The number of fused-ring (bicyclic) bond motifs is 1. The van der Waals surface area contributed by atoms with Gasteiger partial charge < -0.3 is 10.3 Å². The molecule has 0 bridgehead atoms. The van der Waals surface area contributed by atoms with E-state index in [1.165, 1.54) is 0 Å². The molecule has 0 saturated heterocycles. The Bertz CT molecular complexity index is 1060. The quantitative estimate of drug-likeness (QED) is 0.533. The Hall–Kier alpha value is -3.41. The second kappa shape index (κ2) is 5.90. The minimum atomic E-state index is -0.212. The molecule has 6 heteroatoms. The Morgan fingerprint density at radius 1 is 1.16 bits per heavy atom. The maximum absolute atomic E-state index is 12.6. The SMILES string of the molecule is Cc1ccc2[nH]c(C(=O)Nc3cc(-c4cccnc4)[nH]n3)c(C)c2c1. The zero-order valence-electron chi connectivity index (χ0n) is 13.9. The molecule has 0 aliphatic heterocycles. The van der Waals surface area contributed by atoms with Crippen molar-refractivity contribution in [3.8, 4) is 11.3 Å². The van der Waals surface area contributed by atoms with Gasteiger partial charge in [0.05, 0.1) is 5.69 Å². The number of nitrogens with zero attached hydrogens (tertiary/aromatic N) is 2. The molecule has 0 saturated carbocycles. The summed E-state index contributed by atoms with van der Waals surface area (Å²) in [5, 5.41) is 11.0. The molecule has 124 valence electrons. The van der Waals surface area contributed by atoms with Crippen molar-refractivity contribution in [3.63, 3.8) is 0 Å². The van der Waals surface area contributed by atoms with Crippen molar-refractivity contribution in [1.29, 1.82) is 0 Å². The second-order valence-corrected chi connectivity index (χ2v) is 6.04. The first-order chi connectivity index (χ1) is 12.1. The monoisotopic (exact) mass is 331 g/mol. The van der Waals surface area contributed by atoms with Crippen molar-refractivity contribution in [2.24, 2.45) is 0 Å². The van der Waals surface area contributed by atoms with Gasteiger partial charge in [-0.15, -0.1) is 0 Å². The van der Waals surface area contributed by atoms with E-state index in [4.69, 9.17) is 0 Å². The number of carbonyl (C=O) groups excluding carboxylic acids is 1. The zero-order chi connectivity index (χ0) is 17.4.